The highest BCUT2D eigenvalue weighted by Crippen LogP contribution is 2.29. The van der Waals surface area contributed by atoms with Gasteiger partial charge in [-0.15, -0.1) is 0 Å². The highest BCUT2D eigenvalue weighted by molar-refractivity contribution is 14.1. The van der Waals surface area contributed by atoms with Gasteiger partial charge in [-0.05, 0) is 22.6 Å². The van der Waals surface area contributed by atoms with Crippen LogP contribution in [0, 0.1) is 9.52 Å². The van der Waals surface area contributed by atoms with Gasteiger partial charge in [-0.3, -0.25) is 19.1 Å². The number of hydrogen-bond donors (Lipinski definition) is 3. The number of halogens is 2. The van der Waals surface area contributed by atoms with Gasteiger partial charge in [-0.1, -0.05) is 0 Å². The SMILES string of the molecule is CC(=O)OC[C@H]1O[C@@H](n2c(I)c(F)c(=O)[nH]c2=O)[C@H](O)[C@@H]1O. The Balaban J connectivity index is 2.34. The van der Waals surface area contributed by atoms with Crippen LogP contribution < -0.4 is 11.2 Å². The van der Waals surface area contributed by atoms with Crippen LogP contribution in [0.1, 0.15) is 13.2 Å². The number of aliphatic hydroxyl groups excluding tert-OH is 2. The van der Waals surface area contributed by atoms with Gasteiger partial charge >= 0.3 is 11.7 Å². The molecule has 22 heavy (non-hydrogen) atoms. The van der Waals surface area contributed by atoms with E-state index in [0.29, 0.717) is 4.57 Å². The Bertz CT molecular complexity index is 703. The molecule has 1 fully saturated rings. The summed E-state index contributed by atoms with van der Waals surface area (Å²) in [5.41, 5.74) is -2.20. The van der Waals surface area contributed by atoms with Crippen LogP contribution in [-0.4, -0.2) is 50.7 Å². The molecule has 1 aliphatic rings. The molecule has 3 N–H and O–H groups in total. The van der Waals surface area contributed by atoms with Crippen LogP contribution in [0.25, 0.3) is 0 Å². The Hall–Kier alpha value is -1.31. The molecule has 2 heterocycles. The third-order valence-corrected chi connectivity index (χ3v) is 4.07. The number of esters is 1. The fourth-order valence-corrected chi connectivity index (χ4v) is 2.75. The average molecular weight is 430 g/mol. The van der Waals surface area contributed by atoms with Crippen molar-refractivity contribution in [3.05, 3.63) is 30.4 Å². The molecule has 2 rings (SSSR count). The highest BCUT2D eigenvalue weighted by Gasteiger charge is 2.45. The van der Waals surface area contributed by atoms with E-state index in [1.807, 2.05) is 0 Å². The lowest BCUT2D eigenvalue weighted by Crippen LogP contribution is -2.40. The van der Waals surface area contributed by atoms with Crippen LogP contribution >= 0.6 is 22.6 Å². The van der Waals surface area contributed by atoms with Crippen LogP contribution in [0.2, 0.25) is 0 Å². The summed E-state index contributed by atoms with van der Waals surface area (Å²) in [7, 11) is 0. The van der Waals surface area contributed by atoms with Gasteiger partial charge in [0.1, 0.15) is 28.6 Å². The van der Waals surface area contributed by atoms with E-state index >= 15 is 0 Å². The van der Waals surface area contributed by atoms with Gasteiger partial charge < -0.3 is 19.7 Å². The average Bonchev–Trinajstić information content (AvgIpc) is 2.71. The van der Waals surface area contributed by atoms with Crippen LogP contribution in [0.4, 0.5) is 4.39 Å². The minimum absolute atomic E-state index is 0.346. The molecule has 0 aromatic carbocycles. The molecule has 0 saturated carbocycles. The van der Waals surface area contributed by atoms with Gasteiger partial charge in [0.15, 0.2) is 6.23 Å². The normalized spacial score (nSPS) is 27.9. The predicted octanol–water partition coefficient (Wildman–Crippen LogP) is -1.54. The van der Waals surface area contributed by atoms with Gasteiger partial charge in [-0.2, -0.15) is 4.39 Å². The zero-order chi connectivity index (χ0) is 16.6. The molecule has 9 nitrogen and oxygen atoms in total. The molecule has 11 heteroatoms. The second kappa shape index (κ2) is 6.44. The number of rotatable bonds is 3. The molecule has 1 aromatic heterocycles. The summed E-state index contributed by atoms with van der Waals surface area (Å²) in [5, 5.41) is 19.8. The molecule has 122 valence electrons. The van der Waals surface area contributed by atoms with E-state index in [1.54, 1.807) is 4.98 Å². The maximum absolute atomic E-state index is 13.6. The summed E-state index contributed by atoms with van der Waals surface area (Å²) in [5.74, 6) is -1.83. The van der Waals surface area contributed by atoms with Gasteiger partial charge in [0, 0.05) is 6.92 Å². The topological polar surface area (TPSA) is 131 Å². The molecule has 4 atom stereocenters. The summed E-state index contributed by atoms with van der Waals surface area (Å²) < 4.78 is 23.9. The number of ether oxygens (including phenoxy) is 2. The monoisotopic (exact) mass is 430 g/mol. The quantitative estimate of drug-likeness (QED) is 0.301. The fourth-order valence-electron chi connectivity index (χ4n) is 2.01. The number of aromatic nitrogens is 2. The second-order valence-corrected chi connectivity index (χ2v) is 5.60. The Morgan fingerprint density at radius 1 is 1.45 bits per heavy atom. The second-order valence-electron chi connectivity index (χ2n) is 4.58. The first-order valence-electron chi connectivity index (χ1n) is 6.08. The minimum Gasteiger partial charge on any atom is -0.463 e. The lowest BCUT2D eigenvalue weighted by molar-refractivity contribution is -0.147. The molecule has 1 aliphatic heterocycles. The standard InChI is InChI=1S/C11H12FIN2O7/c1-3(16)21-2-4-6(17)7(18)10(22-4)15-8(13)5(12)9(19)14-11(15)20/h4,6-7,10,17-18H,2H2,1H3,(H,14,19,20)/t4-,6-,7-,10-/m1/s1. The minimum atomic E-state index is -1.57. The largest absolute Gasteiger partial charge is 0.463 e. The van der Waals surface area contributed by atoms with Gasteiger partial charge in [-0.25, -0.2) is 4.79 Å². The smallest absolute Gasteiger partial charge is 0.331 e. The molecule has 0 unspecified atom stereocenters. The Kier molecular flexibility index (Phi) is 4.99. The Morgan fingerprint density at radius 2 is 2.09 bits per heavy atom. The predicted molar refractivity (Wildman–Crippen MR) is 76.6 cm³/mol. The Labute approximate surface area is 135 Å². The number of carbonyl (C=O) groups excluding carboxylic acids is 1. The van der Waals surface area contributed by atoms with E-state index in [4.69, 9.17) is 4.74 Å². The van der Waals surface area contributed by atoms with Crippen molar-refractivity contribution < 1.29 is 28.9 Å². The molecule has 0 bridgehead atoms. The van der Waals surface area contributed by atoms with E-state index in [2.05, 4.69) is 4.74 Å². The van der Waals surface area contributed by atoms with E-state index in [0.717, 1.165) is 6.92 Å². The van der Waals surface area contributed by atoms with Crippen molar-refractivity contribution in [1.82, 2.24) is 9.55 Å². The number of carbonyl (C=O) groups is 1. The summed E-state index contributed by atoms with van der Waals surface area (Å²) in [6.07, 6.45) is -5.55. The molecular weight excluding hydrogens is 418 g/mol. The van der Waals surface area contributed by atoms with Gasteiger partial charge in [0.2, 0.25) is 5.82 Å². The lowest BCUT2D eigenvalue weighted by atomic mass is 10.1. The maximum Gasteiger partial charge on any atom is 0.331 e. The first-order chi connectivity index (χ1) is 10.2. The first kappa shape index (κ1) is 17.1. The molecule has 0 amide bonds. The van der Waals surface area contributed by atoms with Crippen molar-refractivity contribution >= 4 is 28.6 Å². The number of hydrogen-bond acceptors (Lipinski definition) is 7. The van der Waals surface area contributed by atoms with Crippen LogP contribution in [0.3, 0.4) is 0 Å². The molecule has 1 saturated heterocycles. The zero-order valence-electron chi connectivity index (χ0n) is 11.2. The van der Waals surface area contributed by atoms with E-state index in [9.17, 15) is 29.0 Å². The van der Waals surface area contributed by atoms with Gasteiger partial charge in [0.25, 0.3) is 5.56 Å². The number of nitrogens with zero attached hydrogens (tertiary/aromatic N) is 1. The molecule has 0 radical (unpaired) electrons. The third-order valence-electron chi connectivity index (χ3n) is 3.07. The van der Waals surface area contributed by atoms with E-state index in [-0.39, 0.29) is 10.3 Å². The van der Waals surface area contributed by atoms with Gasteiger partial charge in [0.05, 0.1) is 0 Å². The highest BCUT2D eigenvalue weighted by atomic mass is 127. The number of nitrogens with one attached hydrogen (secondary N) is 1. The molecule has 1 aromatic rings. The number of H-pyrrole nitrogens is 1. The fraction of sp³-hybridized carbons (Fsp3) is 0.545. The van der Waals surface area contributed by atoms with E-state index < -0.39 is 47.6 Å². The maximum atomic E-state index is 13.6. The van der Waals surface area contributed by atoms with Crippen molar-refractivity contribution in [2.45, 2.75) is 31.5 Å². The van der Waals surface area contributed by atoms with Crippen LogP contribution in [-0.2, 0) is 14.3 Å². The third kappa shape index (κ3) is 3.06. The summed E-state index contributed by atoms with van der Waals surface area (Å²) in [4.78, 5) is 35.5. The van der Waals surface area contributed by atoms with E-state index in [1.165, 1.54) is 22.6 Å². The number of aliphatic hydroxyl groups is 2. The van der Waals surface area contributed by atoms with Crippen molar-refractivity contribution in [3.8, 4) is 0 Å². The summed E-state index contributed by atoms with van der Waals surface area (Å²) >= 11 is 1.41. The molecule has 0 aliphatic carbocycles. The summed E-state index contributed by atoms with van der Waals surface area (Å²) in [6.45, 7) is 0.807. The van der Waals surface area contributed by atoms with Crippen molar-refractivity contribution in [2.75, 3.05) is 6.61 Å². The number of aromatic amines is 1. The Morgan fingerprint density at radius 3 is 2.68 bits per heavy atom. The first-order valence-corrected chi connectivity index (χ1v) is 7.16. The molecular formula is C11H12FIN2O7. The lowest BCUT2D eigenvalue weighted by Gasteiger charge is -2.18. The summed E-state index contributed by atoms with van der Waals surface area (Å²) in [6, 6.07) is 0. The van der Waals surface area contributed by atoms with Crippen molar-refractivity contribution in [3.63, 3.8) is 0 Å². The zero-order valence-corrected chi connectivity index (χ0v) is 13.3. The molecule has 0 spiro atoms. The van der Waals surface area contributed by atoms with Crippen molar-refractivity contribution in [1.29, 1.82) is 0 Å². The van der Waals surface area contributed by atoms with Crippen LogP contribution in [0.5, 0.6) is 0 Å². The van der Waals surface area contributed by atoms with Crippen LogP contribution in [0.15, 0.2) is 9.59 Å². The van der Waals surface area contributed by atoms with Crippen molar-refractivity contribution in [2.24, 2.45) is 0 Å².